The zero-order valence-corrected chi connectivity index (χ0v) is 12.8. The van der Waals surface area contributed by atoms with Crippen LogP contribution in [0.25, 0.3) is 0 Å². The highest BCUT2D eigenvalue weighted by molar-refractivity contribution is 7.11. The molecule has 19 heavy (non-hydrogen) atoms. The van der Waals surface area contributed by atoms with Crippen LogP contribution in [-0.2, 0) is 12.8 Å². The molecule has 0 radical (unpaired) electrons. The monoisotopic (exact) mass is 274 g/mol. The maximum Gasteiger partial charge on any atom is 0.0946 e. The Balaban J connectivity index is 1.88. The Morgan fingerprint density at radius 3 is 2.58 bits per heavy atom. The summed E-state index contributed by atoms with van der Waals surface area (Å²) >= 11 is 1.78. The Morgan fingerprint density at radius 2 is 1.95 bits per heavy atom. The SMILES string of the molecule is Cc1ccccc1CCC(N)Cc1nc(C)c(C)s1. The normalized spacial score (nSPS) is 12.6. The summed E-state index contributed by atoms with van der Waals surface area (Å²) in [7, 11) is 0. The van der Waals surface area contributed by atoms with Crippen molar-refractivity contribution >= 4 is 11.3 Å². The minimum absolute atomic E-state index is 0.199. The maximum absolute atomic E-state index is 6.23. The fourth-order valence-electron chi connectivity index (χ4n) is 2.18. The molecule has 0 amide bonds. The Hall–Kier alpha value is -1.19. The molecule has 102 valence electrons. The fourth-order valence-corrected chi connectivity index (χ4v) is 3.21. The summed E-state index contributed by atoms with van der Waals surface area (Å²) < 4.78 is 0. The van der Waals surface area contributed by atoms with Crippen molar-refractivity contribution in [2.24, 2.45) is 5.73 Å². The number of rotatable bonds is 5. The number of benzene rings is 1. The lowest BCUT2D eigenvalue weighted by atomic mass is 10.0. The van der Waals surface area contributed by atoms with Crippen LogP contribution >= 0.6 is 11.3 Å². The molecular weight excluding hydrogens is 252 g/mol. The molecule has 1 aromatic heterocycles. The number of aromatic nitrogens is 1. The Labute approximate surface area is 119 Å². The molecule has 2 N–H and O–H groups in total. The van der Waals surface area contributed by atoms with Crippen LogP contribution < -0.4 is 5.73 Å². The van der Waals surface area contributed by atoms with Gasteiger partial charge in [0.15, 0.2) is 0 Å². The second kappa shape index (κ2) is 6.31. The predicted octanol–water partition coefficient (Wildman–Crippen LogP) is 3.57. The van der Waals surface area contributed by atoms with Crippen LogP contribution in [-0.4, -0.2) is 11.0 Å². The zero-order valence-electron chi connectivity index (χ0n) is 11.9. The van der Waals surface area contributed by atoms with Crippen molar-refractivity contribution in [2.75, 3.05) is 0 Å². The largest absolute Gasteiger partial charge is 0.327 e. The lowest BCUT2D eigenvalue weighted by Gasteiger charge is -2.11. The summed E-state index contributed by atoms with van der Waals surface area (Å²) in [6.45, 7) is 6.35. The third kappa shape index (κ3) is 3.88. The maximum atomic E-state index is 6.23. The second-order valence-corrected chi connectivity index (χ2v) is 6.47. The first-order valence-corrected chi connectivity index (χ1v) is 7.61. The van der Waals surface area contributed by atoms with E-state index in [9.17, 15) is 0 Å². The van der Waals surface area contributed by atoms with Gasteiger partial charge in [-0.25, -0.2) is 4.98 Å². The summed E-state index contributed by atoms with van der Waals surface area (Å²) in [5, 5.41) is 1.17. The van der Waals surface area contributed by atoms with Crippen molar-refractivity contribution in [3.05, 3.63) is 51.0 Å². The Bertz CT molecular complexity index is 526. The first-order chi connectivity index (χ1) is 9.06. The van der Waals surface area contributed by atoms with E-state index in [0.29, 0.717) is 0 Å². The summed E-state index contributed by atoms with van der Waals surface area (Å²) in [6, 6.07) is 8.74. The van der Waals surface area contributed by atoms with Crippen LogP contribution in [0.3, 0.4) is 0 Å². The van der Waals surface area contributed by atoms with E-state index in [-0.39, 0.29) is 6.04 Å². The summed E-state index contributed by atoms with van der Waals surface area (Å²) in [6.07, 6.45) is 2.96. The van der Waals surface area contributed by atoms with Gasteiger partial charge in [0.2, 0.25) is 0 Å². The van der Waals surface area contributed by atoms with Crippen LogP contribution in [0.5, 0.6) is 0 Å². The van der Waals surface area contributed by atoms with Crippen LogP contribution in [0, 0.1) is 20.8 Å². The van der Waals surface area contributed by atoms with Gasteiger partial charge in [-0.1, -0.05) is 24.3 Å². The molecule has 0 aliphatic carbocycles. The average molecular weight is 274 g/mol. The van der Waals surface area contributed by atoms with Gasteiger partial charge in [0.25, 0.3) is 0 Å². The molecule has 0 saturated heterocycles. The van der Waals surface area contributed by atoms with E-state index in [2.05, 4.69) is 50.0 Å². The van der Waals surface area contributed by atoms with E-state index in [4.69, 9.17) is 5.73 Å². The minimum Gasteiger partial charge on any atom is -0.327 e. The molecule has 0 bridgehead atoms. The van der Waals surface area contributed by atoms with Crippen LogP contribution in [0.2, 0.25) is 0 Å². The van der Waals surface area contributed by atoms with Gasteiger partial charge < -0.3 is 5.73 Å². The molecule has 0 fully saturated rings. The topological polar surface area (TPSA) is 38.9 Å². The number of hydrogen-bond donors (Lipinski definition) is 1. The minimum atomic E-state index is 0.199. The first kappa shape index (κ1) is 14.2. The van der Waals surface area contributed by atoms with Gasteiger partial charge in [-0.05, 0) is 44.7 Å². The Morgan fingerprint density at radius 1 is 1.21 bits per heavy atom. The zero-order chi connectivity index (χ0) is 13.8. The van der Waals surface area contributed by atoms with E-state index >= 15 is 0 Å². The van der Waals surface area contributed by atoms with Gasteiger partial charge in [0.05, 0.1) is 10.7 Å². The van der Waals surface area contributed by atoms with Gasteiger partial charge in [0, 0.05) is 17.3 Å². The number of hydrogen-bond acceptors (Lipinski definition) is 3. The number of nitrogens with two attached hydrogens (primary N) is 1. The molecule has 2 aromatic rings. The van der Waals surface area contributed by atoms with Gasteiger partial charge in [-0.2, -0.15) is 0 Å². The summed E-state index contributed by atoms with van der Waals surface area (Å²) in [5.74, 6) is 0. The molecule has 1 aromatic carbocycles. The van der Waals surface area contributed by atoms with Gasteiger partial charge >= 0.3 is 0 Å². The number of aryl methyl sites for hydroxylation is 4. The van der Waals surface area contributed by atoms with E-state index in [0.717, 1.165) is 25.0 Å². The van der Waals surface area contributed by atoms with E-state index < -0.39 is 0 Å². The lowest BCUT2D eigenvalue weighted by Crippen LogP contribution is -2.23. The molecule has 1 unspecified atom stereocenters. The third-order valence-electron chi connectivity index (χ3n) is 3.56. The van der Waals surface area contributed by atoms with Crippen molar-refractivity contribution in [3.8, 4) is 0 Å². The molecular formula is C16H22N2S. The molecule has 2 nitrogen and oxygen atoms in total. The van der Waals surface area contributed by atoms with Crippen molar-refractivity contribution in [1.82, 2.24) is 4.98 Å². The van der Waals surface area contributed by atoms with Gasteiger partial charge in [-0.15, -0.1) is 11.3 Å². The second-order valence-electron chi connectivity index (χ2n) is 5.18. The molecule has 0 saturated carbocycles. The highest BCUT2D eigenvalue weighted by Gasteiger charge is 2.10. The quantitative estimate of drug-likeness (QED) is 0.905. The average Bonchev–Trinajstić information content (AvgIpc) is 2.67. The smallest absolute Gasteiger partial charge is 0.0946 e. The highest BCUT2D eigenvalue weighted by atomic mass is 32.1. The molecule has 0 spiro atoms. The lowest BCUT2D eigenvalue weighted by molar-refractivity contribution is 0.607. The molecule has 1 atom stereocenters. The number of nitrogens with zero attached hydrogens (tertiary/aromatic N) is 1. The van der Waals surface area contributed by atoms with Crippen LogP contribution in [0.1, 0.15) is 33.1 Å². The van der Waals surface area contributed by atoms with Gasteiger partial charge in [-0.3, -0.25) is 0 Å². The molecule has 0 aliphatic heterocycles. The van der Waals surface area contributed by atoms with E-state index in [1.807, 2.05) is 0 Å². The summed E-state index contributed by atoms with van der Waals surface area (Å²) in [4.78, 5) is 5.87. The van der Waals surface area contributed by atoms with Crippen molar-refractivity contribution in [1.29, 1.82) is 0 Å². The van der Waals surface area contributed by atoms with Crippen LogP contribution in [0.15, 0.2) is 24.3 Å². The van der Waals surface area contributed by atoms with E-state index in [1.54, 1.807) is 11.3 Å². The molecule has 1 heterocycles. The standard InChI is InChI=1S/C16H22N2S/c1-11-6-4-5-7-14(11)8-9-15(17)10-16-18-12(2)13(3)19-16/h4-7,15H,8-10,17H2,1-3H3. The molecule has 2 rings (SSSR count). The molecule has 3 heteroatoms. The predicted molar refractivity (Wildman–Crippen MR) is 82.8 cm³/mol. The van der Waals surface area contributed by atoms with Crippen molar-refractivity contribution in [3.63, 3.8) is 0 Å². The Kier molecular flexibility index (Phi) is 4.72. The number of thiazole rings is 1. The third-order valence-corrected chi connectivity index (χ3v) is 4.65. The summed E-state index contributed by atoms with van der Waals surface area (Å²) in [5.41, 5.74) is 10.1. The molecule has 0 aliphatic rings. The van der Waals surface area contributed by atoms with Crippen LogP contribution in [0.4, 0.5) is 0 Å². The van der Waals surface area contributed by atoms with E-state index in [1.165, 1.54) is 21.0 Å². The highest BCUT2D eigenvalue weighted by Crippen LogP contribution is 2.19. The first-order valence-electron chi connectivity index (χ1n) is 6.79. The fraction of sp³-hybridized carbons (Fsp3) is 0.438. The van der Waals surface area contributed by atoms with Crippen molar-refractivity contribution in [2.45, 2.75) is 46.1 Å². The van der Waals surface area contributed by atoms with Gasteiger partial charge in [0.1, 0.15) is 0 Å². The van der Waals surface area contributed by atoms with Crippen molar-refractivity contribution < 1.29 is 0 Å².